The van der Waals surface area contributed by atoms with Gasteiger partial charge in [0.15, 0.2) is 0 Å². The highest BCUT2D eigenvalue weighted by Crippen LogP contribution is 2.13. The number of carbonyl (C=O) groups excluding carboxylic acids is 2. The SMILES string of the molecule is CCCOC(=O)N(C)[C@H](C(=O)N(C)CCO)C(C)C. The monoisotopic (exact) mass is 274 g/mol. The van der Waals surface area contributed by atoms with Gasteiger partial charge in [-0.1, -0.05) is 20.8 Å². The molecule has 0 radical (unpaired) electrons. The zero-order chi connectivity index (χ0) is 15.0. The third-order valence-corrected chi connectivity index (χ3v) is 2.83. The number of likely N-dealkylation sites (N-methyl/N-ethyl adjacent to an activating group) is 2. The van der Waals surface area contributed by atoms with E-state index in [-0.39, 0.29) is 25.0 Å². The highest BCUT2D eigenvalue weighted by atomic mass is 16.6. The Morgan fingerprint density at radius 1 is 1.26 bits per heavy atom. The van der Waals surface area contributed by atoms with Crippen LogP contribution in [0.2, 0.25) is 0 Å². The van der Waals surface area contributed by atoms with Gasteiger partial charge in [-0.25, -0.2) is 4.79 Å². The molecule has 0 aromatic rings. The highest BCUT2D eigenvalue weighted by Gasteiger charge is 2.32. The average Bonchev–Trinajstić information content (AvgIpc) is 2.35. The lowest BCUT2D eigenvalue weighted by atomic mass is 10.0. The van der Waals surface area contributed by atoms with E-state index in [1.54, 1.807) is 14.1 Å². The zero-order valence-corrected chi connectivity index (χ0v) is 12.5. The molecule has 0 aliphatic heterocycles. The van der Waals surface area contributed by atoms with Crippen LogP contribution >= 0.6 is 0 Å². The van der Waals surface area contributed by atoms with Crippen LogP contribution in [0.5, 0.6) is 0 Å². The number of amides is 2. The van der Waals surface area contributed by atoms with E-state index in [0.29, 0.717) is 6.61 Å². The van der Waals surface area contributed by atoms with Gasteiger partial charge in [0.2, 0.25) is 5.91 Å². The molecule has 0 unspecified atom stereocenters. The fourth-order valence-electron chi connectivity index (χ4n) is 1.79. The van der Waals surface area contributed by atoms with Crippen LogP contribution in [0.25, 0.3) is 0 Å². The van der Waals surface area contributed by atoms with E-state index in [4.69, 9.17) is 9.84 Å². The van der Waals surface area contributed by atoms with Crippen LogP contribution in [0.15, 0.2) is 0 Å². The summed E-state index contributed by atoms with van der Waals surface area (Å²) in [5.74, 6) is -0.229. The second-order valence-electron chi connectivity index (χ2n) is 4.90. The Morgan fingerprint density at radius 3 is 2.26 bits per heavy atom. The van der Waals surface area contributed by atoms with Crippen molar-refractivity contribution < 1.29 is 19.4 Å². The average molecular weight is 274 g/mol. The summed E-state index contributed by atoms with van der Waals surface area (Å²) in [5.41, 5.74) is 0. The Kier molecular flexibility index (Phi) is 8.14. The number of nitrogens with zero attached hydrogens (tertiary/aromatic N) is 2. The molecule has 2 amide bonds. The van der Waals surface area contributed by atoms with Crippen LogP contribution in [-0.2, 0) is 9.53 Å². The summed E-state index contributed by atoms with van der Waals surface area (Å²) < 4.78 is 5.04. The minimum Gasteiger partial charge on any atom is -0.449 e. The minimum absolute atomic E-state index is 0.0344. The standard InChI is InChI=1S/C13H26N2O4/c1-6-9-19-13(18)15(5)11(10(2)3)12(17)14(4)7-8-16/h10-11,16H,6-9H2,1-5H3/t11-/m0/s1. The molecule has 0 saturated carbocycles. The molecule has 0 aliphatic carbocycles. The quantitative estimate of drug-likeness (QED) is 0.750. The zero-order valence-electron chi connectivity index (χ0n) is 12.5. The molecular weight excluding hydrogens is 248 g/mol. The molecule has 112 valence electrons. The van der Waals surface area contributed by atoms with Gasteiger partial charge >= 0.3 is 6.09 Å². The van der Waals surface area contributed by atoms with Crippen molar-refractivity contribution in [2.45, 2.75) is 33.2 Å². The van der Waals surface area contributed by atoms with E-state index in [9.17, 15) is 9.59 Å². The minimum atomic E-state index is -0.582. The topological polar surface area (TPSA) is 70.1 Å². The molecule has 6 heteroatoms. The molecule has 0 aromatic carbocycles. The van der Waals surface area contributed by atoms with Crippen LogP contribution in [0.3, 0.4) is 0 Å². The predicted octanol–water partition coefficient (Wildman–Crippen LogP) is 0.940. The van der Waals surface area contributed by atoms with Gasteiger partial charge < -0.3 is 14.7 Å². The maximum atomic E-state index is 12.3. The molecule has 0 bridgehead atoms. The second-order valence-corrected chi connectivity index (χ2v) is 4.90. The van der Waals surface area contributed by atoms with Gasteiger partial charge in [-0.05, 0) is 12.3 Å². The number of hydrogen-bond donors (Lipinski definition) is 1. The van der Waals surface area contributed by atoms with Crippen molar-refractivity contribution in [3.63, 3.8) is 0 Å². The summed E-state index contributed by atoms with van der Waals surface area (Å²) in [7, 11) is 3.17. The Morgan fingerprint density at radius 2 is 1.84 bits per heavy atom. The fraction of sp³-hybridized carbons (Fsp3) is 0.846. The van der Waals surface area contributed by atoms with Gasteiger partial charge in [0.05, 0.1) is 13.2 Å². The van der Waals surface area contributed by atoms with Crippen LogP contribution < -0.4 is 0 Å². The second kappa shape index (κ2) is 8.74. The molecule has 0 spiro atoms. The van der Waals surface area contributed by atoms with E-state index in [2.05, 4.69) is 0 Å². The van der Waals surface area contributed by atoms with Gasteiger partial charge in [0, 0.05) is 20.6 Å². The van der Waals surface area contributed by atoms with Crippen LogP contribution in [0, 0.1) is 5.92 Å². The van der Waals surface area contributed by atoms with Crippen LogP contribution in [0.4, 0.5) is 4.79 Å². The van der Waals surface area contributed by atoms with Crippen molar-refractivity contribution in [3.8, 4) is 0 Å². The van der Waals surface area contributed by atoms with Crippen molar-refractivity contribution in [1.29, 1.82) is 0 Å². The molecular formula is C13H26N2O4. The van der Waals surface area contributed by atoms with Gasteiger partial charge in [-0.3, -0.25) is 9.69 Å². The number of hydrogen-bond acceptors (Lipinski definition) is 4. The third kappa shape index (κ3) is 5.46. The lowest BCUT2D eigenvalue weighted by Crippen LogP contribution is -2.51. The molecule has 0 rings (SSSR count). The molecule has 1 atom stereocenters. The normalized spacial score (nSPS) is 12.2. The molecule has 0 heterocycles. The fourth-order valence-corrected chi connectivity index (χ4v) is 1.79. The van der Waals surface area contributed by atoms with E-state index in [1.807, 2.05) is 20.8 Å². The number of carbonyl (C=O) groups is 2. The molecule has 6 nitrogen and oxygen atoms in total. The first-order valence-corrected chi connectivity index (χ1v) is 6.62. The summed E-state index contributed by atoms with van der Waals surface area (Å²) >= 11 is 0. The molecule has 19 heavy (non-hydrogen) atoms. The lowest BCUT2D eigenvalue weighted by molar-refractivity contribution is -0.136. The van der Waals surface area contributed by atoms with Crippen LogP contribution in [0.1, 0.15) is 27.2 Å². The first kappa shape index (κ1) is 17.7. The van der Waals surface area contributed by atoms with E-state index < -0.39 is 12.1 Å². The Bertz CT molecular complexity index is 294. The van der Waals surface area contributed by atoms with E-state index in [1.165, 1.54) is 9.80 Å². The predicted molar refractivity (Wildman–Crippen MR) is 72.8 cm³/mol. The molecule has 0 saturated heterocycles. The number of ether oxygens (including phenoxy) is 1. The van der Waals surface area contributed by atoms with Gasteiger partial charge in [-0.15, -0.1) is 0 Å². The van der Waals surface area contributed by atoms with Crippen molar-refractivity contribution in [2.24, 2.45) is 5.92 Å². The van der Waals surface area contributed by atoms with Crippen LogP contribution in [-0.4, -0.2) is 66.8 Å². The summed E-state index contributed by atoms with van der Waals surface area (Å²) in [6.07, 6.45) is 0.246. The summed E-state index contributed by atoms with van der Waals surface area (Å²) in [6, 6.07) is -0.582. The number of rotatable bonds is 7. The lowest BCUT2D eigenvalue weighted by Gasteiger charge is -2.32. The number of aliphatic hydroxyl groups excluding tert-OH is 1. The first-order chi connectivity index (χ1) is 8.86. The largest absolute Gasteiger partial charge is 0.449 e. The summed E-state index contributed by atoms with van der Waals surface area (Å²) in [4.78, 5) is 26.8. The smallest absolute Gasteiger partial charge is 0.410 e. The first-order valence-electron chi connectivity index (χ1n) is 6.62. The summed E-state index contributed by atoms with van der Waals surface area (Å²) in [5, 5.41) is 8.87. The maximum absolute atomic E-state index is 12.3. The highest BCUT2D eigenvalue weighted by molar-refractivity contribution is 5.85. The molecule has 0 aromatic heterocycles. The van der Waals surface area contributed by atoms with E-state index >= 15 is 0 Å². The Balaban J connectivity index is 4.80. The van der Waals surface area contributed by atoms with Crippen molar-refractivity contribution in [3.05, 3.63) is 0 Å². The van der Waals surface area contributed by atoms with Crippen molar-refractivity contribution in [1.82, 2.24) is 9.80 Å². The Labute approximate surface area is 115 Å². The third-order valence-electron chi connectivity index (χ3n) is 2.83. The Hall–Kier alpha value is -1.30. The summed E-state index contributed by atoms with van der Waals surface area (Å²) in [6.45, 7) is 6.15. The van der Waals surface area contributed by atoms with Gasteiger partial charge in [0.25, 0.3) is 0 Å². The molecule has 0 aliphatic rings. The molecule has 1 N–H and O–H groups in total. The van der Waals surface area contributed by atoms with Crippen molar-refractivity contribution in [2.75, 3.05) is 33.9 Å². The maximum Gasteiger partial charge on any atom is 0.410 e. The molecule has 0 fully saturated rings. The van der Waals surface area contributed by atoms with Gasteiger partial charge in [0.1, 0.15) is 6.04 Å². The number of aliphatic hydroxyl groups is 1. The van der Waals surface area contributed by atoms with Crippen molar-refractivity contribution >= 4 is 12.0 Å². The van der Waals surface area contributed by atoms with E-state index in [0.717, 1.165) is 6.42 Å². The van der Waals surface area contributed by atoms with Gasteiger partial charge in [-0.2, -0.15) is 0 Å².